The molecule has 1 atom stereocenters. The van der Waals surface area contributed by atoms with E-state index < -0.39 is 0 Å². The molecule has 0 bridgehead atoms. The molecule has 0 radical (unpaired) electrons. The van der Waals surface area contributed by atoms with Crippen molar-refractivity contribution in [3.05, 3.63) is 0 Å². The minimum atomic E-state index is 0.499. The largest absolute Gasteiger partial charge is 0.383 e. The summed E-state index contributed by atoms with van der Waals surface area (Å²) in [5, 5.41) is 3.54. The maximum Gasteiger partial charge on any atom is 0.0630 e. The summed E-state index contributed by atoms with van der Waals surface area (Å²) < 4.78 is 5.39. The van der Waals surface area contributed by atoms with Crippen LogP contribution in [0.3, 0.4) is 0 Å². The van der Waals surface area contributed by atoms with Crippen molar-refractivity contribution in [1.82, 2.24) is 20.0 Å². The zero-order chi connectivity index (χ0) is 15.0. The number of nitrogens with one attached hydrogen (secondary N) is 1. The van der Waals surface area contributed by atoms with E-state index in [0.29, 0.717) is 12.1 Å². The number of nitrogens with zero attached hydrogens (tertiary/aromatic N) is 3. The predicted molar refractivity (Wildman–Crippen MR) is 85.4 cm³/mol. The van der Waals surface area contributed by atoms with E-state index in [4.69, 9.17) is 4.74 Å². The number of likely N-dealkylation sites (N-methyl/N-ethyl adjacent to an activating group) is 1. The minimum absolute atomic E-state index is 0.499. The zero-order valence-electron chi connectivity index (χ0n) is 14.1. The van der Waals surface area contributed by atoms with Crippen LogP contribution in [-0.4, -0.2) is 100 Å². The molecular weight excluding hydrogens is 252 g/mol. The van der Waals surface area contributed by atoms with Crippen molar-refractivity contribution in [2.24, 2.45) is 0 Å². The fourth-order valence-corrected chi connectivity index (χ4v) is 2.55. The molecule has 5 nitrogen and oxygen atoms in total. The van der Waals surface area contributed by atoms with Crippen LogP contribution in [0, 0.1) is 0 Å². The molecule has 0 aromatic rings. The van der Waals surface area contributed by atoms with Crippen LogP contribution in [0.25, 0.3) is 0 Å². The molecule has 0 aromatic heterocycles. The maximum absolute atomic E-state index is 5.39. The van der Waals surface area contributed by atoms with Gasteiger partial charge in [0.15, 0.2) is 0 Å². The predicted octanol–water partition coefficient (Wildman–Crippen LogP) is 0.179. The second-order valence-corrected chi connectivity index (χ2v) is 6.35. The van der Waals surface area contributed by atoms with E-state index in [-0.39, 0.29) is 0 Å². The van der Waals surface area contributed by atoms with E-state index in [0.717, 1.165) is 32.8 Å². The number of ether oxygens (including phenoxy) is 1. The molecule has 1 N–H and O–H groups in total. The van der Waals surface area contributed by atoms with Crippen LogP contribution >= 0.6 is 0 Å². The molecule has 0 amide bonds. The summed E-state index contributed by atoms with van der Waals surface area (Å²) in [5.41, 5.74) is 0. The average molecular weight is 286 g/mol. The third-order valence-corrected chi connectivity index (χ3v) is 3.91. The van der Waals surface area contributed by atoms with E-state index in [9.17, 15) is 0 Å². The van der Waals surface area contributed by atoms with Gasteiger partial charge < -0.3 is 15.0 Å². The molecule has 1 aliphatic heterocycles. The molecule has 0 aliphatic carbocycles. The van der Waals surface area contributed by atoms with E-state index in [1.165, 1.54) is 19.6 Å². The highest BCUT2D eigenvalue weighted by Gasteiger charge is 2.23. The molecule has 0 saturated carbocycles. The van der Waals surface area contributed by atoms with Gasteiger partial charge in [0.1, 0.15) is 0 Å². The fourth-order valence-electron chi connectivity index (χ4n) is 2.55. The van der Waals surface area contributed by atoms with E-state index in [1.807, 2.05) is 0 Å². The van der Waals surface area contributed by atoms with Crippen molar-refractivity contribution in [2.75, 3.05) is 73.6 Å². The van der Waals surface area contributed by atoms with Crippen molar-refractivity contribution >= 4 is 0 Å². The van der Waals surface area contributed by atoms with Gasteiger partial charge in [0.2, 0.25) is 0 Å². The van der Waals surface area contributed by atoms with Crippen LogP contribution in [0.5, 0.6) is 0 Å². The average Bonchev–Trinajstić information content (AvgIpc) is 2.41. The van der Waals surface area contributed by atoms with E-state index in [2.05, 4.69) is 48.0 Å². The van der Waals surface area contributed by atoms with E-state index >= 15 is 0 Å². The molecule has 1 aliphatic rings. The molecule has 1 saturated heterocycles. The van der Waals surface area contributed by atoms with Gasteiger partial charge in [0.25, 0.3) is 0 Å². The van der Waals surface area contributed by atoms with Gasteiger partial charge >= 0.3 is 0 Å². The normalized spacial score (nSPS) is 19.9. The Morgan fingerprint density at radius 1 is 1.15 bits per heavy atom. The SMILES string of the molecule is COCC(CNC(C)C)N1CCN(CCN(C)C)CC1. The summed E-state index contributed by atoms with van der Waals surface area (Å²) in [5.74, 6) is 0. The van der Waals surface area contributed by atoms with Gasteiger partial charge in [-0.25, -0.2) is 0 Å². The Labute approximate surface area is 125 Å². The van der Waals surface area contributed by atoms with Crippen LogP contribution in [-0.2, 0) is 4.74 Å². The van der Waals surface area contributed by atoms with Crippen molar-refractivity contribution in [2.45, 2.75) is 25.9 Å². The van der Waals surface area contributed by atoms with Crippen LogP contribution in [0.15, 0.2) is 0 Å². The van der Waals surface area contributed by atoms with Crippen molar-refractivity contribution < 1.29 is 4.74 Å². The third-order valence-electron chi connectivity index (χ3n) is 3.91. The van der Waals surface area contributed by atoms with Crippen LogP contribution in [0.2, 0.25) is 0 Å². The lowest BCUT2D eigenvalue weighted by Crippen LogP contribution is -2.55. The lowest BCUT2D eigenvalue weighted by atomic mass is 10.2. The van der Waals surface area contributed by atoms with Gasteiger partial charge in [-0.1, -0.05) is 13.8 Å². The van der Waals surface area contributed by atoms with Crippen LogP contribution in [0.4, 0.5) is 0 Å². The Hall–Kier alpha value is -0.200. The topological polar surface area (TPSA) is 31.0 Å². The van der Waals surface area contributed by atoms with Gasteiger partial charge in [-0.2, -0.15) is 0 Å². The minimum Gasteiger partial charge on any atom is -0.383 e. The number of piperazine rings is 1. The molecule has 5 heteroatoms. The Balaban J connectivity index is 2.32. The Bertz CT molecular complexity index is 240. The zero-order valence-corrected chi connectivity index (χ0v) is 14.1. The highest BCUT2D eigenvalue weighted by Crippen LogP contribution is 2.07. The number of hydrogen-bond acceptors (Lipinski definition) is 5. The molecule has 0 aromatic carbocycles. The van der Waals surface area contributed by atoms with Gasteiger partial charge in [-0.15, -0.1) is 0 Å². The maximum atomic E-state index is 5.39. The molecule has 120 valence electrons. The van der Waals surface area contributed by atoms with E-state index in [1.54, 1.807) is 7.11 Å². The van der Waals surface area contributed by atoms with Crippen molar-refractivity contribution in [1.29, 1.82) is 0 Å². The number of rotatable bonds is 9. The quantitative estimate of drug-likeness (QED) is 0.653. The highest BCUT2D eigenvalue weighted by molar-refractivity contribution is 4.80. The molecule has 0 spiro atoms. The second kappa shape index (κ2) is 9.68. The summed E-state index contributed by atoms with van der Waals surface area (Å²) in [7, 11) is 6.08. The third kappa shape index (κ3) is 6.99. The summed E-state index contributed by atoms with van der Waals surface area (Å²) in [4.78, 5) is 7.40. The Morgan fingerprint density at radius 2 is 1.80 bits per heavy atom. The van der Waals surface area contributed by atoms with Crippen LogP contribution < -0.4 is 5.32 Å². The highest BCUT2D eigenvalue weighted by atomic mass is 16.5. The summed E-state index contributed by atoms with van der Waals surface area (Å²) >= 11 is 0. The molecule has 1 heterocycles. The first-order valence-electron chi connectivity index (χ1n) is 7.86. The number of hydrogen-bond donors (Lipinski definition) is 1. The first-order valence-corrected chi connectivity index (χ1v) is 7.86. The molecular formula is C15H34N4O. The first kappa shape index (κ1) is 17.9. The molecule has 20 heavy (non-hydrogen) atoms. The standard InChI is InChI=1S/C15H34N4O/c1-14(2)16-12-15(13-20-5)19-10-8-18(9-11-19)7-6-17(3)4/h14-16H,6-13H2,1-5H3. The van der Waals surface area contributed by atoms with Gasteiger partial charge in [0.05, 0.1) is 6.61 Å². The van der Waals surface area contributed by atoms with Gasteiger partial charge in [-0.05, 0) is 14.1 Å². The summed E-state index contributed by atoms with van der Waals surface area (Å²) in [6, 6.07) is 1.04. The molecule has 1 unspecified atom stereocenters. The summed E-state index contributed by atoms with van der Waals surface area (Å²) in [6.45, 7) is 13.2. The first-order chi connectivity index (χ1) is 9.52. The molecule has 1 fully saturated rings. The van der Waals surface area contributed by atoms with Crippen LogP contribution in [0.1, 0.15) is 13.8 Å². The lowest BCUT2D eigenvalue weighted by Gasteiger charge is -2.39. The Morgan fingerprint density at radius 3 is 2.30 bits per heavy atom. The monoisotopic (exact) mass is 286 g/mol. The smallest absolute Gasteiger partial charge is 0.0630 e. The second-order valence-electron chi connectivity index (χ2n) is 6.35. The Kier molecular flexibility index (Phi) is 8.64. The van der Waals surface area contributed by atoms with Gasteiger partial charge in [-0.3, -0.25) is 9.80 Å². The molecule has 1 rings (SSSR count). The number of methoxy groups -OCH3 is 1. The lowest BCUT2D eigenvalue weighted by molar-refractivity contribution is 0.0471. The van der Waals surface area contributed by atoms with Crippen molar-refractivity contribution in [3.8, 4) is 0 Å². The van der Waals surface area contributed by atoms with Gasteiger partial charge in [0, 0.05) is 65.0 Å². The summed E-state index contributed by atoms with van der Waals surface area (Å²) in [6.07, 6.45) is 0. The van der Waals surface area contributed by atoms with Crippen molar-refractivity contribution in [3.63, 3.8) is 0 Å². The fraction of sp³-hybridized carbons (Fsp3) is 1.00.